The van der Waals surface area contributed by atoms with Crippen LogP contribution in [0.1, 0.15) is 16.7 Å². The van der Waals surface area contributed by atoms with Gasteiger partial charge in [0.15, 0.2) is 0 Å². The average Bonchev–Trinajstić information content (AvgIpc) is 2.67. The Balaban J connectivity index is 1.78. The lowest BCUT2D eigenvalue weighted by Gasteiger charge is -2.09. The maximum atomic E-state index is 13.7. The van der Waals surface area contributed by atoms with Gasteiger partial charge in [-0.05, 0) is 47.5 Å². The molecule has 0 N–H and O–H groups in total. The molecule has 2 nitrogen and oxygen atoms in total. The van der Waals surface area contributed by atoms with Gasteiger partial charge in [0.05, 0.1) is 16.7 Å². The molecule has 0 fully saturated rings. The molecule has 134 valence electrons. The average molecular weight is 398 g/mol. The second-order valence-corrected chi connectivity index (χ2v) is 6.59. The van der Waals surface area contributed by atoms with Gasteiger partial charge in [0.2, 0.25) is 0 Å². The molecule has 0 radical (unpaired) electrons. The smallest absolute Gasteiger partial charge is 0.138 e. The number of rotatable bonds is 5. The Kier molecular flexibility index (Phi) is 6.13. The molecule has 0 aromatic heterocycles. The van der Waals surface area contributed by atoms with Crippen molar-refractivity contribution in [3.8, 4) is 11.8 Å². The van der Waals surface area contributed by atoms with Gasteiger partial charge in [0, 0.05) is 10.6 Å². The third-order valence-corrected chi connectivity index (χ3v) is 4.43. The van der Waals surface area contributed by atoms with E-state index >= 15 is 0 Å². The molecule has 0 aliphatic heterocycles. The van der Waals surface area contributed by atoms with E-state index in [1.54, 1.807) is 66.7 Å². The number of ether oxygens (including phenoxy) is 1. The predicted molar refractivity (Wildman–Crippen MR) is 107 cm³/mol. The molecule has 0 atom stereocenters. The topological polar surface area (TPSA) is 33.0 Å². The van der Waals surface area contributed by atoms with Gasteiger partial charge in [-0.3, -0.25) is 0 Å². The molecule has 3 aromatic carbocycles. The highest BCUT2D eigenvalue weighted by Gasteiger charge is 2.07. The van der Waals surface area contributed by atoms with Gasteiger partial charge >= 0.3 is 0 Å². The molecule has 27 heavy (non-hydrogen) atoms. The Morgan fingerprint density at radius 2 is 1.78 bits per heavy atom. The highest BCUT2D eigenvalue weighted by Crippen LogP contribution is 2.28. The zero-order valence-corrected chi connectivity index (χ0v) is 15.6. The minimum absolute atomic E-state index is 0.0792. The fourth-order valence-electron chi connectivity index (χ4n) is 2.47. The Labute approximate surface area is 167 Å². The van der Waals surface area contributed by atoms with Crippen LogP contribution in [0.3, 0.4) is 0 Å². The van der Waals surface area contributed by atoms with Gasteiger partial charge in [-0.2, -0.15) is 5.26 Å². The number of nitriles is 1. The minimum atomic E-state index is -0.324. The van der Waals surface area contributed by atoms with Crippen LogP contribution in [0, 0.1) is 17.1 Å². The molecule has 0 unspecified atom stereocenters. The molecule has 0 saturated heterocycles. The first-order chi connectivity index (χ1) is 13.1. The standard InChI is InChI=1S/C22H14Cl2FNO/c23-19-8-6-16(7-9-19)18(13-26)11-15-5-10-22(20(24)12-15)27-14-17-3-1-2-4-21(17)25/h1-12H,14H2/b18-11+. The first-order valence-corrected chi connectivity index (χ1v) is 8.86. The Morgan fingerprint density at radius 3 is 2.44 bits per heavy atom. The Morgan fingerprint density at radius 1 is 1.04 bits per heavy atom. The van der Waals surface area contributed by atoms with Gasteiger partial charge in [-0.25, -0.2) is 4.39 Å². The molecule has 5 heteroatoms. The number of nitrogens with zero attached hydrogens (tertiary/aromatic N) is 1. The quantitative estimate of drug-likeness (QED) is 0.351. The van der Waals surface area contributed by atoms with E-state index in [0.717, 1.165) is 11.1 Å². The number of hydrogen-bond donors (Lipinski definition) is 0. The number of hydrogen-bond acceptors (Lipinski definition) is 2. The maximum Gasteiger partial charge on any atom is 0.138 e. The van der Waals surface area contributed by atoms with Gasteiger partial charge in [-0.1, -0.05) is 59.6 Å². The lowest BCUT2D eigenvalue weighted by atomic mass is 10.0. The van der Waals surface area contributed by atoms with Crippen molar-refractivity contribution < 1.29 is 9.13 Å². The van der Waals surface area contributed by atoms with Crippen LogP contribution < -0.4 is 4.74 Å². The maximum absolute atomic E-state index is 13.7. The number of benzene rings is 3. The summed E-state index contributed by atoms with van der Waals surface area (Å²) in [7, 11) is 0. The van der Waals surface area contributed by atoms with Crippen LogP contribution in [0.15, 0.2) is 66.7 Å². The fourth-order valence-corrected chi connectivity index (χ4v) is 2.84. The second kappa shape index (κ2) is 8.73. The van der Waals surface area contributed by atoms with Crippen molar-refractivity contribution in [3.05, 3.63) is 99.3 Å². The number of halogens is 3. The van der Waals surface area contributed by atoms with E-state index in [2.05, 4.69) is 6.07 Å². The molecule has 0 bridgehead atoms. The number of allylic oxidation sites excluding steroid dienone is 1. The van der Waals surface area contributed by atoms with E-state index in [9.17, 15) is 9.65 Å². The van der Waals surface area contributed by atoms with E-state index in [-0.39, 0.29) is 12.4 Å². The zero-order chi connectivity index (χ0) is 19.2. The first kappa shape index (κ1) is 19.0. The predicted octanol–water partition coefficient (Wildman–Crippen LogP) is 6.78. The normalized spacial score (nSPS) is 11.1. The van der Waals surface area contributed by atoms with Crippen LogP contribution in [0.5, 0.6) is 5.75 Å². The summed E-state index contributed by atoms with van der Waals surface area (Å²) >= 11 is 12.2. The fraction of sp³-hybridized carbons (Fsp3) is 0.0455. The Bertz CT molecular complexity index is 1020. The van der Waals surface area contributed by atoms with E-state index in [1.807, 2.05) is 0 Å². The van der Waals surface area contributed by atoms with Crippen molar-refractivity contribution in [1.82, 2.24) is 0 Å². The summed E-state index contributed by atoms with van der Waals surface area (Å²) in [4.78, 5) is 0. The van der Waals surface area contributed by atoms with E-state index < -0.39 is 0 Å². The van der Waals surface area contributed by atoms with Crippen LogP contribution in [-0.2, 0) is 6.61 Å². The van der Waals surface area contributed by atoms with Crippen molar-refractivity contribution in [2.24, 2.45) is 0 Å². The van der Waals surface area contributed by atoms with Gasteiger partial charge in [0.1, 0.15) is 18.2 Å². The van der Waals surface area contributed by atoms with Gasteiger partial charge in [-0.15, -0.1) is 0 Å². The Hall–Kier alpha value is -2.80. The van der Waals surface area contributed by atoms with Crippen molar-refractivity contribution in [1.29, 1.82) is 5.26 Å². The van der Waals surface area contributed by atoms with Gasteiger partial charge < -0.3 is 4.74 Å². The third-order valence-electron chi connectivity index (χ3n) is 3.88. The van der Waals surface area contributed by atoms with E-state index in [4.69, 9.17) is 27.9 Å². The minimum Gasteiger partial charge on any atom is -0.487 e. The highest BCUT2D eigenvalue weighted by molar-refractivity contribution is 6.32. The molecule has 0 aliphatic carbocycles. The van der Waals surface area contributed by atoms with Crippen molar-refractivity contribution in [2.75, 3.05) is 0 Å². The zero-order valence-electron chi connectivity index (χ0n) is 14.1. The summed E-state index contributed by atoms with van der Waals surface area (Å²) in [5.41, 5.74) is 2.46. The monoisotopic (exact) mass is 397 g/mol. The molecular weight excluding hydrogens is 384 g/mol. The summed E-state index contributed by atoms with van der Waals surface area (Å²) in [6.07, 6.45) is 1.73. The summed E-state index contributed by atoms with van der Waals surface area (Å²) in [6, 6.07) is 20.8. The van der Waals surface area contributed by atoms with E-state index in [1.165, 1.54) is 6.07 Å². The van der Waals surface area contributed by atoms with Crippen LogP contribution in [0.2, 0.25) is 10.0 Å². The van der Waals surface area contributed by atoms with Crippen molar-refractivity contribution in [3.63, 3.8) is 0 Å². The lowest BCUT2D eigenvalue weighted by Crippen LogP contribution is -1.98. The lowest BCUT2D eigenvalue weighted by molar-refractivity contribution is 0.300. The molecule has 0 amide bonds. The summed E-state index contributed by atoms with van der Waals surface area (Å²) < 4.78 is 19.3. The van der Waals surface area contributed by atoms with E-state index in [0.29, 0.717) is 26.9 Å². The second-order valence-electron chi connectivity index (χ2n) is 5.75. The largest absolute Gasteiger partial charge is 0.487 e. The molecule has 0 aliphatic rings. The summed E-state index contributed by atoms with van der Waals surface area (Å²) in [5.74, 6) is 0.122. The molecule has 0 saturated carbocycles. The highest BCUT2D eigenvalue weighted by atomic mass is 35.5. The van der Waals surface area contributed by atoms with Crippen LogP contribution in [-0.4, -0.2) is 0 Å². The molecule has 0 heterocycles. The molecular formula is C22H14Cl2FNO. The van der Waals surface area contributed by atoms with Crippen molar-refractivity contribution >= 4 is 34.9 Å². The molecule has 0 spiro atoms. The third kappa shape index (κ3) is 4.89. The SMILES string of the molecule is N#C/C(=C\c1ccc(OCc2ccccc2F)c(Cl)c1)c1ccc(Cl)cc1. The molecule has 3 aromatic rings. The van der Waals surface area contributed by atoms with Crippen LogP contribution in [0.25, 0.3) is 11.6 Å². The summed E-state index contributed by atoms with van der Waals surface area (Å²) in [5, 5.41) is 10.4. The van der Waals surface area contributed by atoms with Crippen LogP contribution >= 0.6 is 23.2 Å². The van der Waals surface area contributed by atoms with Gasteiger partial charge in [0.25, 0.3) is 0 Å². The first-order valence-electron chi connectivity index (χ1n) is 8.10. The van der Waals surface area contributed by atoms with Crippen LogP contribution in [0.4, 0.5) is 4.39 Å². The molecule has 3 rings (SSSR count). The van der Waals surface area contributed by atoms with Crippen molar-refractivity contribution in [2.45, 2.75) is 6.61 Å². The summed E-state index contributed by atoms with van der Waals surface area (Å²) in [6.45, 7) is 0.0792.